The first kappa shape index (κ1) is 24.2. The minimum absolute atomic E-state index is 0.00207. The second-order valence-corrected chi connectivity index (χ2v) is 11.4. The summed E-state index contributed by atoms with van der Waals surface area (Å²) < 4.78 is 27.4. The minimum Gasteiger partial charge on any atom is -0.349 e. The number of piperidine rings is 1. The van der Waals surface area contributed by atoms with Crippen molar-refractivity contribution in [2.75, 3.05) is 13.1 Å². The Morgan fingerprint density at radius 3 is 2.39 bits per heavy atom. The number of nitrogens with one attached hydrogen (secondary N) is 1. The second-order valence-electron chi connectivity index (χ2n) is 9.18. The van der Waals surface area contributed by atoms with Crippen LogP contribution in [0.3, 0.4) is 0 Å². The van der Waals surface area contributed by atoms with Crippen LogP contribution < -0.4 is 5.32 Å². The molecule has 1 aromatic heterocycles. The van der Waals surface area contributed by atoms with Gasteiger partial charge in [0, 0.05) is 25.2 Å². The maximum atomic E-state index is 13.2. The van der Waals surface area contributed by atoms with Crippen molar-refractivity contribution in [3.05, 3.63) is 59.4 Å². The van der Waals surface area contributed by atoms with Crippen LogP contribution in [0.4, 0.5) is 0 Å². The highest BCUT2D eigenvalue weighted by Gasteiger charge is 2.34. The summed E-state index contributed by atoms with van der Waals surface area (Å²) in [5.41, 5.74) is 1.14. The number of hydrogen-bond acceptors (Lipinski definition) is 4. The van der Waals surface area contributed by atoms with E-state index in [2.05, 4.69) is 22.4 Å². The number of sulfonamides is 1. The van der Waals surface area contributed by atoms with Gasteiger partial charge in [0.25, 0.3) is 0 Å². The molecular weight excluding hydrogens is 458 g/mol. The fourth-order valence-electron chi connectivity index (χ4n) is 5.07. The maximum Gasteiger partial charge on any atom is 0.246 e. The average Bonchev–Trinajstić information content (AvgIpc) is 2.85. The van der Waals surface area contributed by atoms with Crippen molar-refractivity contribution in [3.63, 3.8) is 0 Å². The van der Waals surface area contributed by atoms with Crippen molar-refractivity contribution in [2.45, 2.75) is 62.3 Å². The Morgan fingerprint density at radius 1 is 1.03 bits per heavy atom. The number of aromatic nitrogens is 1. The molecule has 2 fully saturated rings. The number of benzene rings is 1. The molecule has 2 aliphatic rings. The second kappa shape index (κ2) is 11.0. The number of nitrogens with zero attached hydrogens (tertiary/aromatic N) is 2. The Kier molecular flexibility index (Phi) is 8.04. The molecule has 178 valence electrons. The molecule has 4 rings (SSSR count). The van der Waals surface area contributed by atoms with Crippen LogP contribution in [0.2, 0.25) is 5.15 Å². The number of amides is 1. The number of carbonyl (C=O) groups excluding carboxylic acids is 1. The van der Waals surface area contributed by atoms with Gasteiger partial charge in [0.1, 0.15) is 10.0 Å². The highest BCUT2D eigenvalue weighted by Crippen LogP contribution is 2.33. The molecule has 1 amide bonds. The van der Waals surface area contributed by atoms with Crippen LogP contribution in [-0.2, 0) is 14.8 Å². The SMILES string of the molecule is O=C(N[C@H](CC1CCCCC1)c1ccccc1)C1CCN(S(=O)(=O)c2cccnc2Cl)CC1. The van der Waals surface area contributed by atoms with Crippen molar-refractivity contribution in [2.24, 2.45) is 11.8 Å². The van der Waals surface area contributed by atoms with Gasteiger partial charge in [-0.1, -0.05) is 74.0 Å². The Labute approximate surface area is 201 Å². The molecule has 0 radical (unpaired) electrons. The number of pyridine rings is 1. The van der Waals surface area contributed by atoms with E-state index < -0.39 is 10.0 Å². The van der Waals surface area contributed by atoms with Crippen molar-refractivity contribution < 1.29 is 13.2 Å². The molecule has 1 N–H and O–H groups in total. The fraction of sp³-hybridized carbons (Fsp3) is 0.520. The third-order valence-electron chi connectivity index (χ3n) is 6.98. The summed E-state index contributed by atoms with van der Waals surface area (Å²) in [5, 5.41) is 3.28. The Hall–Kier alpha value is -1.96. The monoisotopic (exact) mass is 489 g/mol. The molecule has 0 spiro atoms. The molecule has 1 aromatic carbocycles. The standard InChI is InChI=1S/C25H32ClN3O3S/c26-24-23(12-7-15-27-24)33(31,32)29-16-13-21(14-17-29)25(30)28-22(20-10-5-2-6-11-20)18-19-8-3-1-4-9-19/h2,5-7,10-12,15,19,21-22H,1,3-4,8-9,13-14,16-18H2,(H,28,30)/t22-/m1/s1. The van der Waals surface area contributed by atoms with Gasteiger partial charge in [0.05, 0.1) is 6.04 Å². The summed E-state index contributed by atoms with van der Waals surface area (Å²) in [5.74, 6) is 0.468. The van der Waals surface area contributed by atoms with E-state index in [1.165, 1.54) is 48.7 Å². The van der Waals surface area contributed by atoms with Gasteiger partial charge in [-0.25, -0.2) is 13.4 Å². The molecule has 33 heavy (non-hydrogen) atoms. The summed E-state index contributed by atoms with van der Waals surface area (Å²) in [6, 6.07) is 13.2. The summed E-state index contributed by atoms with van der Waals surface area (Å²) in [6.45, 7) is 0.592. The molecular formula is C25H32ClN3O3S. The fourth-order valence-corrected chi connectivity index (χ4v) is 6.97. The maximum absolute atomic E-state index is 13.2. The number of hydrogen-bond donors (Lipinski definition) is 1. The molecule has 1 saturated carbocycles. The smallest absolute Gasteiger partial charge is 0.246 e. The predicted molar refractivity (Wildman–Crippen MR) is 129 cm³/mol. The van der Waals surface area contributed by atoms with Crippen LogP contribution in [-0.4, -0.2) is 36.7 Å². The molecule has 1 saturated heterocycles. The van der Waals surface area contributed by atoms with E-state index in [1.807, 2.05) is 18.2 Å². The number of halogens is 1. The number of rotatable bonds is 7. The van der Waals surface area contributed by atoms with Gasteiger partial charge in [0.15, 0.2) is 0 Å². The third-order valence-corrected chi connectivity index (χ3v) is 9.32. The molecule has 1 aliphatic carbocycles. The normalized spacial score (nSPS) is 19.8. The Balaban J connectivity index is 1.39. The van der Waals surface area contributed by atoms with Gasteiger partial charge >= 0.3 is 0 Å². The van der Waals surface area contributed by atoms with Crippen LogP contribution in [0.25, 0.3) is 0 Å². The zero-order valence-corrected chi connectivity index (χ0v) is 20.4. The van der Waals surface area contributed by atoms with Crippen molar-refractivity contribution >= 4 is 27.5 Å². The topological polar surface area (TPSA) is 79.4 Å². The molecule has 1 aliphatic heterocycles. The van der Waals surface area contributed by atoms with E-state index >= 15 is 0 Å². The van der Waals surface area contributed by atoms with Crippen LogP contribution in [0.15, 0.2) is 53.6 Å². The van der Waals surface area contributed by atoms with Crippen LogP contribution >= 0.6 is 11.6 Å². The van der Waals surface area contributed by atoms with Crippen LogP contribution in [0.5, 0.6) is 0 Å². The van der Waals surface area contributed by atoms with Crippen LogP contribution in [0.1, 0.15) is 63.0 Å². The van der Waals surface area contributed by atoms with E-state index in [0.717, 1.165) is 12.0 Å². The first-order chi connectivity index (χ1) is 15.9. The third kappa shape index (κ3) is 5.94. The Morgan fingerprint density at radius 2 is 1.73 bits per heavy atom. The molecule has 0 bridgehead atoms. The zero-order chi connectivity index (χ0) is 23.3. The lowest BCUT2D eigenvalue weighted by Gasteiger charge is -2.32. The molecule has 2 heterocycles. The van der Waals surface area contributed by atoms with Gasteiger partial charge in [-0.15, -0.1) is 0 Å². The van der Waals surface area contributed by atoms with Gasteiger partial charge < -0.3 is 5.32 Å². The van der Waals surface area contributed by atoms with E-state index in [-0.39, 0.29) is 27.9 Å². The lowest BCUT2D eigenvalue weighted by molar-refractivity contribution is -0.127. The molecule has 0 unspecified atom stereocenters. The summed E-state index contributed by atoms with van der Waals surface area (Å²) in [4.78, 5) is 17.1. The first-order valence-corrected chi connectivity index (χ1v) is 13.7. The lowest BCUT2D eigenvalue weighted by atomic mass is 9.83. The van der Waals surface area contributed by atoms with E-state index in [4.69, 9.17) is 11.6 Å². The predicted octanol–water partition coefficient (Wildman–Crippen LogP) is 4.96. The summed E-state index contributed by atoms with van der Waals surface area (Å²) >= 11 is 6.02. The van der Waals surface area contributed by atoms with E-state index in [0.29, 0.717) is 31.8 Å². The van der Waals surface area contributed by atoms with Gasteiger partial charge in [-0.05, 0) is 42.9 Å². The lowest BCUT2D eigenvalue weighted by Crippen LogP contribution is -2.44. The van der Waals surface area contributed by atoms with Crippen molar-refractivity contribution in [1.82, 2.24) is 14.6 Å². The van der Waals surface area contributed by atoms with Crippen LogP contribution in [0, 0.1) is 11.8 Å². The van der Waals surface area contributed by atoms with Crippen molar-refractivity contribution in [3.8, 4) is 0 Å². The van der Waals surface area contributed by atoms with Gasteiger partial charge in [-0.2, -0.15) is 4.31 Å². The quantitative estimate of drug-likeness (QED) is 0.557. The number of carbonyl (C=O) groups is 1. The first-order valence-electron chi connectivity index (χ1n) is 11.9. The van der Waals surface area contributed by atoms with Gasteiger partial charge in [-0.3, -0.25) is 4.79 Å². The molecule has 2 aromatic rings. The summed E-state index contributed by atoms with van der Waals surface area (Å²) in [7, 11) is -3.72. The minimum atomic E-state index is -3.72. The highest BCUT2D eigenvalue weighted by molar-refractivity contribution is 7.89. The molecule has 8 heteroatoms. The Bertz CT molecular complexity index is 1030. The zero-order valence-electron chi connectivity index (χ0n) is 18.8. The van der Waals surface area contributed by atoms with Gasteiger partial charge in [0.2, 0.25) is 15.9 Å². The van der Waals surface area contributed by atoms with E-state index in [1.54, 1.807) is 6.07 Å². The molecule has 6 nitrogen and oxygen atoms in total. The largest absolute Gasteiger partial charge is 0.349 e. The highest BCUT2D eigenvalue weighted by atomic mass is 35.5. The molecule has 1 atom stereocenters. The summed E-state index contributed by atoms with van der Waals surface area (Å²) in [6.07, 6.45) is 9.73. The average molecular weight is 490 g/mol. The van der Waals surface area contributed by atoms with E-state index in [9.17, 15) is 13.2 Å². The van der Waals surface area contributed by atoms with Crippen molar-refractivity contribution in [1.29, 1.82) is 0 Å².